The Labute approximate surface area is 208 Å². The fraction of sp³-hybridized carbons (Fsp3) is 0.208. The second-order valence-corrected chi connectivity index (χ2v) is 8.27. The van der Waals surface area contributed by atoms with Crippen LogP contribution in [0.5, 0.6) is 11.6 Å². The number of urea groups is 1. The average Bonchev–Trinajstić information content (AvgIpc) is 3.17. The van der Waals surface area contributed by atoms with E-state index in [0.29, 0.717) is 28.9 Å². The van der Waals surface area contributed by atoms with Gasteiger partial charge in [-0.2, -0.15) is 18.2 Å². The van der Waals surface area contributed by atoms with Gasteiger partial charge < -0.3 is 25.0 Å². The Morgan fingerprint density at radius 2 is 1.94 bits per heavy atom. The Morgan fingerprint density at radius 3 is 2.64 bits per heavy atom. The van der Waals surface area contributed by atoms with Crippen LogP contribution in [0.3, 0.4) is 0 Å². The zero-order valence-electron chi connectivity index (χ0n) is 19.1. The Balaban J connectivity index is 1.50. The molecule has 1 atom stereocenters. The Kier molecular flexibility index (Phi) is 7.04. The van der Waals surface area contributed by atoms with Gasteiger partial charge in [-0.1, -0.05) is 24.6 Å². The third-order valence-electron chi connectivity index (χ3n) is 5.40. The van der Waals surface area contributed by atoms with Gasteiger partial charge in [-0.25, -0.2) is 9.78 Å². The number of aliphatic hydroxyl groups excluding tert-OH is 1. The number of fused-ring (bicyclic) bond motifs is 1. The predicted octanol–water partition coefficient (Wildman–Crippen LogP) is 6.52. The summed E-state index contributed by atoms with van der Waals surface area (Å²) in [5, 5.41) is 15.2. The van der Waals surface area contributed by atoms with Gasteiger partial charge in [0.2, 0.25) is 5.88 Å². The van der Waals surface area contributed by atoms with Crippen molar-refractivity contribution >= 4 is 40.0 Å². The van der Waals surface area contributed by atoms with Crippen molar-refractivity contribution in [3.05, 3.63) is 71.1 Å². The molecule has 36 heavy (non-hydrogen) atoms. The number of alkyl halides is 3. The Hall–Kier alpha value is -3.83. The van der Waals surface area contributed by atoms with Crippen LogP contribution in [0, 0.1) is 0 Å². The van der Waals surface area contributed by atoms with E-state index in [1.807, 2.05) is 6.92 Å². The molecule has 1 unspecified atom stereocenters. The highest BCUT2D eigenvalue weighted by Crippen LogP contribution is 2.34. The van der Waals surface area contributed by atoms with Crippen molar-refractivity contribution in [2.45, 2.75) is 25.6 Å². The summed E-state index contributed by atoms with van der Waals surface area (Å²) in [6, 6.07) is 9.75. The molecule has 188 valence electrons. The number of rotatable bonds is 6. The van der Waals surface area contributed by atoms with Crippen LogP contribution in [0.1, 0.15) is 30.7 Å². The first-order chi connectivity index (χ1) is 17.1. The van der Waals surface area contributed by atoms with Gasteiger partial charge in [0.15, 0.2) is 0 Å². The van der Waals surface area contributed by atoms with E-state index < -0.39 is 23.9 Å². The van der Waals surface area contributed by atoms with Crippen LogP contribution >= 0.6 is 11.6 Å². The number of anilines is 2. The smallest absolute Gasteiger partial charge is 0.416 e. The molecule has 12 heteroatoms. The summed E-state index contributed by atoms with van der Waals surface area (Å²) in [4.78, 5) is 20.7. The normalized spacial score (nSPS) is 12.4. The molecule has 0 saturated carbocycles. The molecule has 0 aliphatic heterocycles. The minimum absolute atomic E-state index is 0.0266. The van der Waals surface area contributed by atoms with Crippen molar-refractivity contribution in [2.75, 3.05) is 10.6 Å². The molecular formula is C24H21ClF3N5O3. The van der Waals surface area contributed by atoms with Crippen LogP contribution < -0.4 is 15.4 Å². The molecule has 2 heterocycles. The Morgan fingerprint density at radius 1 is 1.17 bits per heavy atom. The fourth-order valence-corrected chi connectivity index (χ4v) is 3.81. The molecule has 4 aromatic rings. The zero-order valence-corrected chi connectivity index (χ0v) is 19.9. The molecule has 0 bridgehead atoms. The van der Waals surface area contributed by atoms with E-state index in [0.717, 1.165) is 12.1 Å². The highest BCUT2D eigenvalue weighted by atomic mass is 35.5. The molecule has 0 saturated heterocycles. The molecule has 4 rings (SSSR count). The molecule has 0 radical (unpaired) electrons. The highest BCUT2D eigenvalue weighted by Gasteiger charge is 2.30. The lowest BCUT2D eigenvalue weighted by atomic mass is 10.2. The molecule has 2 amide bonds. The summed E-state index contributed by atoms with van der Waals surface area (Å²) in [5.41, 5.74) is 1.16. The number of nitrogens with one attached hydrogen (secondary N) is 2. The molecule has 2 aromatic heterocycles. The topological polar surface area (TPSA) is 101 Å². The molecule has 2 aromatic carbocycles. The third kappa shape index (κ3) is 5.37. The number of amides is 2. The fourth-order valence-electron chi connectivity index (χ4n) is 3.60. The second-order valence-electron chi connectivity index (χ2n) is 7.87. The van der Waals surface area contributed by atoms with Crippen LogP contribution in [0.2, 0.25) is 5.02 Å². The Bertz CT molecular complexity index is 1420. The first-order valence-electron chi connectivity index (χ1n) is 10.8. The van der Waals surface area contributed by atoms with Crippen molar-refractivity contribution in [3.8, 4) is 11.6 Å². The number of carbonyl (C=O) groups is 1. The standard InChI is InChI=1S/C24H21ClF3N5O3/c1-3-20(34)19-11-18-21(33(19)2)22(30-12-29-18)36-15-7-8-17(16(25)10-15)32-23(35)31-14-6-4-5-13(9-14)24(26,27)28/h4-12,20,34H,3H2,1-2H3,(H2,31,32,35). The summed E-state index contributed by atoms with van der Waals surface area (Å²) < 4.78 is 46.3. The zero-order chi connectivity index (χ0) is 26.0. The largest absolute Gasteiger partial charge is 0.437 e. The van der Waals surface area contributed by atoms with E-state index in [1.165, 1.54) is 30.6 Å². The van der Waals surface area contributed by atoms with E-state index >= 15 is 0 Å². The number of halogens is 4. The summed E-state index contributed by atoms with van der Waals surface area (Å²) in [7, 11) is 1.77. The van der Waals surface area contributed by atoms with Crippen molar-refractivity contribution in [1.29, 1.82) is 0 Å². The van der Waals surface area contributed by atoms with Gasteiger partial charge in [0.1, 0.15) is 17.6 Å². The van der Waals surface area contributed by atoms with Gasteiger partial charge in [0, 0.05) is 24.5 Å². The van der Waals surface area contributed by atoms with Crippen molar-refractivity contribution in [1.82, 2.24) is 14.5 Å². The van der Waals surface area contributed by atoms with Gasteiger partial charge >= 0.3 is 12.2 Å². The second kappa shape index (κ2) is 10.0. The maximum Gasteiger partial charge on any atom is 0.416 e. The van der Waals surface area contributed by atoms with E-state index in [-0.39, 0.29) is 22.3 Å². The molecule has 8 nitrogen and oxygen atoms in total. The van der Waals surface area contributed by atoms with E-state index in [4.69, 9.17) is 16.3 Å². The van der Waals surface area contributed by atoms with Crippen LogP contribution in [-0.4, -0.2) is 25.7 Å². The van der Waals surface area contributed by atoms with Crippen LogP contribution in [0.25, 0.3) is 11.0 Å². The third-order valence-corrected chi connectivity index (χ3v) is 5.72. The lowest BCUT2D eigenvalue weighted by Gasteiger charge is -2.13. The average molecular weight is 520 g/mol. The van der Waals surface area contributed by atoms with E-state index in [1.54, 1.807) is 23.7 Å². The summed E-state index contributed by atoms with van der Waals surface area (Å²) in [5.74, 6) is 0.568. The van der Waals surface area contributed by atoms with Crippen molar-refractivity contribution in [2.24, 2.45) is 7.05 Å². The minimum atomic E-state index is -4.53. The first-order valence-corrected chi connectivity index (χ1v) is 11.2. The number of aromatic nitrogens is 3. The van der Waals surface area contributed by atoms with Gasteiger partial charge in [-0.05, 0) is 42.8 Å². The number of nitrogens with zero attached hydrogens (tertiary/aromatic N) is 3. The monoisotopic (exact) mass is 519 g/mol. The molecule has 0 aliphatic carbocycles. The highest BCUT2D eigenvalue weighted by molar-refractivity contribution is 6.34. The van der Waals surface area contributed by atoms with Gasteiger partial charge in [0.05, 0.1) is 27.9 Å². The van der Waals surface area contributed by atoms with Gasteiger partial charge in [0.25, 0.3) is 0 Å². The summed E-state index contributed by atoms with van der Waals surface area (Å²) in [6.07, 6.45) is -3.33. The first kappa shape index (κ1) is 25.3. The van der Waals surface area contributed by atoms with E-state index in [9.17, 15) is 23.1 Å². The van der Waals surface area contributed by atoms with Crippen molar-refractivity contribution < 1.29 is 27.8 Å². The maximum absolute atomic E-state index is 12.9. The number of benzene rings is 2. The summed E-state index contributed by atoms with van der Waals surface area (Å²) in [6.45, 7) is 1.86. The lowest BCUT2D eigenvalue weighted by molar-refractivity contribution is -0.137. The van der Waals surface area contributed by atoms with E-state index in [2.05, 4.69) is 20.6 Å². The van der Waals surface area contributed by atoms with Crippen LogP contribution in [-0.2, 0) is 13.2 Å². The van der Waals surface area contributed by atoms with Crippen LogP contribution in [0.15, 0.2) is 54.9 Å². The number of ether oxygens (including phenoxy) is 1. The molecule has 3 N–H and O–H groups in total. The molecule has 0 spiro atoms. The number of aliphatic hydroxyl groups is 1. The molecule has 0 aliphatic rings. The van der Waals surface area contributed by atoms with Gasteiger partial charge in [-0.15, -0.1) is 0 Å². The number of carbonyl (C=O) groups excluding carboxylic acids is 1. The maximum atomic E-state index is 12.9. The summed E-state index contributed by atoms with van der Waals surface area (Å²) >= 11 is 6.30. The molecule has 0 fully saturated rings. The number of hydrogen-bond donors (Lipinski definition) is 3. The SMILES string of the molecule is CCC(O)c1cc2ncnc(Oc3ccc(NC(=O)Nc4cccc(C(F)(F)F)c4)c(Cl)c3)c2n1C. The minimum Gasteiger partial charge on any atom is -0.437 e. The molecular weight excluding hydrogens is 499 g/mol. The number of aryl methyl sites for hydroxylation is 1. The van der Waals surface area contributed by atoms with Gasteiger partial charge in [-0.3, -0.25) is 0 Å². The lowest BCUT2D eigenvalue weighted by Crippen LogP contribution is -2.20. The quantitative estimate of drug-likeness (QED) is 0.269. The van der Waals surface area contributed by atoms with Crippen molar-refractivity contribution in [3.63, 3.8) is 0 Å². The van der Waals surface area contributed by atoms with Crippen LogP contribution in [0.4, 0.5) is 29.3 Å². The predicted molar refractivity (Wildman–Crippen MR) is 129 cm³/mol. The number of hydrogen-bond acceptors (Lipinski definition) is 5.